The molecule has 0 spiro atoms. The van der Waals surface area contributed by atoms with E-state index in [1.807, 2.05) is 0 Å². The third kappa shape index (κ3) is 5.13. The molecule has 0 amide bonds. The van der Waals surface area contributed by atoms with E-state index in [9.17, 15) is 18.0 Å². The molecular weight excluding hydrogens is 480 g/mol. The van der Waals surface area contributed by atoms with E-state index >= 15 is 0 Å². The van der Waals surface area contributed by atoms with Crippen molar-refractivity contribution in [3.8, 4) is 12.3 Å². The van der Waals surface area contributed by atoms with Gasteiger partial charge in [0.1, 0.15) is 5.52 Å². The molecular formula is C23H27ClN4O5S. The number of aliphatic carboxylic acids is 1. The van der Waals surface area contributed by atoms with Crippen LogP contribution in [0.25, 0.3) is 21.8 Å². The van der Waals surface area contributed by atoms with Gasteiger partial charge in [0.2, 0.25) is 10.0 Å². The van der Waals surface area contributed by atoms with Crippen LogP contribution in [0.3, 0.4) is 0 Å². The lowest BCUT2D eigenvalue weighted by Gasteiger charge is -2.23. The second kappa shape index (κ2) is 10.6. The Morgan fingerprint density at radius 3 is 2.79 bits per heavy atom. The molecule has 2 aromatic heterocycles. The number of aromatic nitrogens is 2. The summed E-state index contributed by atoms with van der Waals surface area (Å²) in [6.45, 7) is 1.11. The summed E-state index contributed by atoms with van der Waals surface area (Å²) < 4.78 is 28.3. The number of aryl methyl sites for hydroxylation is 1. The first-order chi connectivity index (χ1) is 15.8. The van der Waals surface area contributed by atoms with Gasteiger partial charge in [-0.25, -0.2) is 8.42 Å². The van der Waals surface area contributed by atoms with E-state index in [1.54, 1.807) is 18.3 Å². The van der Waals surface area contributed by atoms with E-state index in [2.05, 4.69) is 21.2 Å². The molecule has 1 aliphatic heterocycles. The van der Waals surface area contributed by atoms with Crippen LogP contribution in [-0.2, 0) is 21.2 Å². The van der Waals surface area contributed by atoms with Crippen LogP contribution in [0, 0.1) is 12.3 Å². The highest BCUT2D eigenvalue weighted by atomic mass is 35.5. The molecule has 3 aromatic rings. The van der Waals surface area contributed by atoms with E-state index < -0.39 is 16.0 Å². The maximum atomic E-state index is 13.5. The molecule has 11 heteroatoms. The minimum absolute atomic E-state index is 0. The number of aromatic amines is 2. The van der Waals surface area contributed by atoms with Gasteiger partial charge in [-0.3, -0.25) is 9.59 Å². The van der Waals surface area contributed by atoms with Crippen LogP contribution in [0.15, 0.2) is 34.1 Å². The summed E-state index contributed by atoms with van der Waals surface area (Å²) in [6, 6.07) is 4.67. The van der Waals surface area contributed by atoms with E-state index in [0.717, 1.165) is 24.9 Å². The molecule has 1 saturated heterocycles. The molecule has 4 N–H and O–H groups in total. The lowest BCUT2D eigenvalue weighted by molar-refractivity contribution is -0.137. The first-order valence-electron chi connectivity index (χ1n) is 10.9. The standard InChI is InChI=1S/C23H26N4O5S.ClH/c1-2-11-27(14-16-6-4-10-24-16)33(31,32)17-8-9-19-18(12-17)21-15(5-3-7-20(28)29)13-25-22(21)23(30)26-19;/h1,8-9,12-13,16,24-25H,3-7,10-11,14H2,(H,26,30)(H,28,29);1H. The van der Waals surface area contributed by atoms with E-state index in [0.29, 0.717) is 34.6 Å². The van der Waals surface area contributed by atoms with E-state index in [-0.39, 0.29) is 48.4 Å². The molecule has 0 radical (unpaired) electrons. The molecule has 4 rings (SSSR count). The number of rotatable bonds is 9. The monoisotopic (exact) mass is 506 g/mol. The minimum atomic E-state index is -3.87. The largest absolute Gasteiger partial charge is 0.481 e. The predicted octanol–water partition coefficient (Wildman–Crippen LogP) is 2.21. The number of carboxylic acid groups (broad SMARTS) is 1. The molecule has 3 heterocycles. The first-order valence-corrected chi connectivity index (χ1v) is 12.3. The number of benzene rings is 1. The van der Waals surface area contributed by atoms with Gasteiger partial charge in [-0.1, -0.05) is 5.92 Å². The molecule has 1 atom stereocenters. The van der Waals surface area contributed by atoms with Gasteiger partial charge >= 0.3 is 5.97 Å². The van der Waals surface area contributed by atoms with Crippen molar-refractivity contribution in [3.05, 3.63) is 40.3 Å². The number of pyridine rings is 1. The minimum Gasteiger partial charge on any atom is -0.481 e. The van der Waals surface area contributed by atoms with Crippen molar-refractivity contribution in [2.75, 3.05) is 19.6 Å². The second-order valence-corrected chi connectivity index (χ2v) is 10.2. The summed E-state index contributed by atoms with van der Waals surface area (Å²) in [5.74, 6) is 1.56. The van der Waals surface area contributed by atoms with Gasteiger partial charge in [0.25, 0.3) is 5.56 Å². The summed E-state index contributed by atoms with van der Waals surface area (Å²) in [6.07, 6.45) is 9.88. The van der Waals surface area contributed by atoms with Gasteiger partial charge in [-0.15, -0.1) is 18.8 Å². The molecule has 0 aliphatic carbocycles. The average molecular weight is 507 g/mol. The van der Waals surface area contributed by atoms with Crippen molar-refractivity contribution in [1.29, 1.82) is 0 Å². The van der Waals surface area contributed by atoms with E-state index in [4.69, 9.17) is 11.5 Å². The van der Waals surface area contributed by atoms with Crippen molar-refractivity contribution in [2.24, 2.45) is 0 Å². The number of hydrogen-bond acceptors (Lipinski definition) is 5. The number of halogens is 1. The Bertz CT molecular complexity index is 1400. The zero-order chi connectivity index (χ0) is 23.6. The van der Waals surface area contributed by atoms with Crippen molar-refractivity contribution in [1.82, 2.24) is 19.6 Å². The molecule has 34 heavy (non-hydrogen) atoms. The van der Waals surface area contributed by atoms with Crippen LogP contribution in [-0.4, -0.2) is 59.4 Å². The zero-order valence-electron chi connectivity index (χ0n) is 18.5. The molecule has 182 valence electrons. The first kappa shape index (κ1) is 25.8. The maximum absolute atomic E-state index is 13.5. The lowest BCUT2D eigenvalue weighted by atomic mass is 10.0. The number of carboxylic acids is 1. The third-order valence-electron chi connectivity index (χ3n) is 6.03. The van der Waals surface area contributed by atoms with Crippen LogP contribution in [0.1, 0.15) is 31.2 Å². The number of nitrogens with zero attached hydrogens (tertiary/aromatic N) is 1. The average Bonchev–Trinajstić information content (AvgIpc) is 3.43. The quantitative estimate of drug-likeness (QED) is 0.329. The third-order valence-corrected chi connectivity index (χ3v) is 7.83. The fraction of sp³-hybridized carbons (Fsp3) is 0.391. The normalized spacial score (nSPS) is 16.1. The SMILES string of the molecule is C#CCN(CC1CCCN1)S(=O)(=O)c1ccc2[nH]c(=O)c3[nH]cc(CCCC(=O)O)c3c2c1.Cl. The summed E-state index contributed by atoms with van der Waals surface area (Å²) in [5.41, 5.74) is 1.29. The Balaban J connectivity index is 0.00000324. The summed E-state index contributed by atoms with van der Waals surface area (Å²) >= 11 is 0. The van der Waals surface area contributed by atoms with Crippen molar-refractivity contribution < 1.29 is 18.3 Å². The van der Waals surface area contributed by atoms with Gasteiger partial charge in [0.05, 0.1) is 11.4 Å². The molecule has 1 unspecified atom stereocenters. The fourth-order valence-electron chi connectivity index (χ4n) is 4.42. The van der Waals surface area contributed by atoms with E-state index in [1.165, 1.54) is 10.4 Å². The van der Waals surface area contributed by atoms with Gasteiger partial charge in [-0.2, -0.15) is 4.31 Å². The fourth-order valence-corrected chi connectivity index (χ4v) is 5.85. The Kier molecular flexibility index (Phi) is 8.05. The van der Waals surface area contributed by atoms with Crippen molar-refractivity contribution >= 4 is 50.2 Å². The number of nitrogens with one attached hydrogen (secondary N) is 3. The molecule has 1 aliphatic rings. The Morgan fingerprint density at radius 1 is 1.32 bits per heavy atom. The number of terminal acetylenes is 1. The molecule has 1 aromatic carbocycles. The Labute approximate surface area is 203 Å². The Hall–Kier alpha value is -2.84. The highest BCUT2D eigenvalue weighted by Gasteiger charge is 2.28. The molecule has 1 fully saturated rings. The van der Waals surface area contributed by atoms with Gasteiger partial charge in [0.15, 0.2) is 0 Å². The van der Waals surface area contributed by atoms with Gasteiger partial charge in [0, 0.05) is 41.5 Å². The maximum Gasteiger partial charge on any atom is 0.303 e. The predicted molar refractivity (Wildman–Crippen MR) is 133 cm³/mol. The number of hydrogen-bond donors (Lipinski definition) is 4. The van der Waals surface area contributed by atoms with Crippen molar-refractivity contribution in [3.63, 3.8) is 0 Å². The summed E-state index contributed by atoms with van der Waals surface area (Å²) in [4.78, 5) is 29.2. The van der Waals surface area contributed by atoms with Crippen LogP contribution < -0.4 is 10.9 Å². The van der Waals surface area contributed by atoms with Crippen LogP contribution in [0.2, 0.25) is 0 Å². The number of H-pyrrole nitrogens is 2. The van der Waals surface area contributed by atoms with Gasteiger partial charge < -0.3 is 20.4 Å². The smallest absolute Gasteiger partial charge is 0.303 e. The van der Waals surface area contributed by atoms with Crippen LogP contribution in [0.5, 0.6) is 0 Å². The summed E-state index contributed by atoms with van der Waals surface area (Å²) in [7, 11) is -3.87. The highest BCUT2D eigenvalue weighted by molar-refractivity contribution is 7.89. The Morgan fingerprint density at radius 2 is 2.12 bits per heavy atom. The number of carbonyl (C=O) groups is 1. The summed E-state index contributed by atoms with van der Waals surface area (Å²) in [5, 5.41) is 13.4. The highest BCUT2D eigenvalue weighted by Crippen LogP contribution is 2.29. The molecule has 0 bridgehead atoms. The molecule has 9 nitrogen and oxygen atoms in total. The number of sulfonamides is 1. The van der Waals surface area contributed by atoms with Crippen molar-refractivity contribution in [2.45, 2.75) is 43.0 Å². The van der Waals surface area contributed by atoms with Crippen LogP contribution in [0.4, 0.5) is 0 Å². The van der Waals surface area contributed by atoms with Crippen LogP contribution >= 0.6 is 12.4 Å². The molecule has 0 saturated carbocycles. The van der Waals surface area contributed by atoms with Gasteiger partial charge in [-0.05, 0) is 56.0 Å². The lowest BCUT2D eigenvalue weighted by Crippen LogP contribution is -2.41. The number of fused-ring (bicyclic) bond motifs is 3. The zero-order valence-corrected chi connectivity index (χ0v) is 20.1. The topological polar surface area (TPSA) is 135 Å². The second-order valence-electron chi connectivity index (χ2n) is 8.27.